The predicted molar refractivity (Wildman–Crippen MR) is 112 cm³/mol. The van der Waals surface area contributed by atoms with Crippen molar-refractivity contribution in [3.63, 3.8) is 0 Å². The quantitative estimate of drug-likeness (QED) is 0.818. The third-order valence-corrected chi connectivity index (χ3v) is 6.49. The van der Waals surface area contributed by atoms with E-state index in [2.05, 4.69) is 50.5 Å². The summed E-state index contributed by atoms with van der Waals surface area (Å²) in [7, 11) is 0. The number of aliphatic imine (C=N–C) groups is 2. The average Bonchev–Trinajstić information content (AvgIpc) is 3.33. The molecular formula is C22H30N6. The molecule has 0 aromatic heterocycles. The second kappa shape index (κ2) is 6.13. The SMILES string of the molecule is CC1CC(C)(C)N=c2cc3c(cc21)=NC(C)(C1=NCCN1)CC3C1=NCCN1. The van der Waals surface area contributed by atoms with Gasteiger partial charge in [-0.25, -0.2) is 0 Å². The average molecular weight is 379 g/mol. The zero-order valence-electron chi connectivity index (χ0n) is 17.3. The molecular weight excluding hydrogens is 348 g/mol. The van der Waals surface area contributed by atoms with E-state index >= 15 is 0 Å². The van der Waals surface area contributed by atoms with Crippen molar-refractivity contribution in [1.29, 1.82) is 0 Å². The lowest BCUT2D eigenvalue weighted by Crippen LogP contribution is -2.49. The van der Waals surface area contributed by atoms with Gasteiger partial charge >= 0.3 is 0 Å². The molecule has 148 valence electrons. The predicted octanol–water partition coefficient (Wildman–Crippen LogP) is 1.46. The molecule has 3 unspecified atom stereocenters. The Hall–Kier alpha value is -2.24. The van der Waals surface area contributed by atoms with Gasteiger partial charge in [0.2, 0.25) is 0 Å². The van der Waals surface area contributed by atoms with E-state index in [1.165, 1.54) is 11.1 Å². The summed E-state index contributed by atoms with van der Waals surface area (Å²) in [4.78, 5) is 19.8. The van der Waals surface area contributed by atoms with Crippen LogP contribution in [0.5, 0.6) is 0 Å². The van der Waals surface area contributed by atoms with Gasteiger partial charge < -0.3 is 10.6 Å². The number of rotatable bonds is 2. The van der Waals surface area contributed by atoms with Gasteiger partial charge in [-0.05, 0) is 62.8 Å². The molecule has 6 nitrogen and oxygen atoms in total. The normalized spacial score (nSPS) is 32.7. The van der Waals surface area contributed by atoms with Crippen LogP contribution in [0.2, 0.25) is 0 Å². The molecule has 0 radical (unpaired) electrons. The second-order valence-electron chi connectivity index (χ2n) is 9.49. The highest BCUT2D eigenvalue weighted by molar-refractivity contribution is 5.96. The molecule has 0 amide bonds. The van der Waals surface area contributed by atoms with Crippen LogP contribution in [0.1, 0.15) is 63.5 Å². The first-order chi connectivity index (χ1) is 13.3. The zero-order valence-corrected chi connectivity index (χ0v) is 17.3. The Kier molecular flexibility index (Phi) is 3.90. The summed E-state index contributed by atoms with van der Waals surface area (Å²) in [6.07, 6.45) is 1.96. The Morgan fingerprint density at radius 3 is 2.32 bits per heavy atom. The lowest BCUT2D eigenvalue weighted by atomic mass is 9.78. The molecule has 0 aliphatic carbocycles. The fourth-order valence-electron chi connectivity index (χ4n) is 5.33. The molecule has 0 fully saturated rings. The second-order valence-corrected chi connectivity index (χ2v) is 9.49. The van der Waals surface area contributed by atoms with Crippen molar-refractivity contribution in [3.05, 3.63) is 34.0 Å². The molecule has 3 atom stereocenters. The Morgan fingerprint density at radius 1 is 0.893 bits per heavy atom. The van der Waals surface area contributed by atoms with Crippen molar-refractivity contribution >= 4 is 11.7 Å². The summed E-state index contributed by atoms with van der Waals surface area (Å²) in [5, 5.41) is 9.22. The van der Waals surface area contributed by atoms with Crippen LogP contribution >= 0.6 is 0 Å². The molecule has 4 aliphatic heterocycles. The Labute approximate surface area is 166 Å². The molecule has 6 heteroatoms. The first-order valence-electron chi connectivity index (χ1n) is 10.6. The van der Waals surface area contributed by atoms with E-state index in [4.69, 9.17) is 20.0 Å². The number of nitrogens with zero attached hydrogens (tertiary/aromatic N) is 4. The van der Waals surface area contributed by atoms with E-state index in [1.54, 1.807) is 0 Å². The van der Waals surface area contributed by atoms with Crippen molar-refractivity contribution < 1.29 is 0 Å². The Bertz CT molecular complexity index is 1000. The third kappa shape index (κ3) is 2.85. The van der Waals surface area contributed by atoms with E-state index in [0.717, 1.165) is 61.4 Å². The van der Waals surface area contributed by atoms with Gasteiger partial charge in [0.15, 0.2) is 0 Å². The van der Waals surface area contributed by atoms with Crippen LogP contribution in [-0.2, 0) is 0 Å². The van der Waals surface area contributed by atoms with Crippen molar-refractivity contribution in [2.75, 3.05) is 26.2 Å². The van der Waals surface area contributed by atoms with Gasteiger partial charge in [0.25, 0.3) is 0 Å². The molecule has 4 heterocycles. The molecule has 5 rings (SSSR count). The first-order valence-corrected chi connectivity index (χ1v) is 10.6. The molecule has 0 spiro atoms. The van der Waals surface area contributed by atoms with Gasteiger partial charge in [-0.15, -0.1) is 0 Å². The van der Waals surface area contributed by atoms with E-state index in [0.29, 0.717) is 5.92 Å². The van der Waals surface area contributed by atoms with Crippen LogP contribution in [0.4, 0.5) is 0 Å². The summed E-state index contributed by atoms with van der Waals surface area (Å²) in [6, 6.07) is 4.59. The molecule has 2 N–H and O–H groups in total. The number of fused-ring (bicyclic) bond motifs is 2. The minimum absolute atomic E-state index is 0.0118. The fraction of sp³-hybridized carbons (Fsp3) is 0.636. The van der Waals surface area contributed by atoms with E-state index in [-0.39, 0.29) is 17.0 Å². The van der Waals surface area contributed by atoms with Crippen LogP contribution in [0.15, 0.2) is 32.1 Å². The van der Waals surface area contributed by atoms with Crippen LogP contribution in [-0.4, -0.2) is 48.9 Å². The molecule has 0 saturated carbocycles. The smallest absolute Gasteiger partial charge is 0.124 e. The maximum absolute atomic E-state index is 5.24. The maximum atomic E-state index is 5.24. The number of benzene rings is 1. The lowest BCUT2D eigenvalue weighted by molar-refractivity contribution is 0.407. The van der Waals surface area contributed by atoms with Crippen LogP contribution in [0.25, 0.3) is 0 Å². The Morgan fingerprint density at radius 2 is 1.61 bits per heavy atom. The number of hydrogen-bond donors (Lipinski definition) is 2. The largest absolute Gasteiger partial charge is 0.371 e. The maximum Gasteiger partial charge on any atom is 0.124 e. The van der Waals surface area contributed by atoms with E-state index in [9.17, 15) is 0 Å². The summed E-state index contributed by atoms with van der Waals surface area (Å²) in [5.74, 6) is 2.83. The summed E-state index contributed by atoms with van der Waals surface area (Å²) >= 11 is 0. The van der Waals surface area contributed by atoms with Crippen LogP contribution < -0.4 is 21.3 Å². The van der Waals surface area contributed by atoms with Crippen LogP contribution in [0, 0.1) is 0 Å². The minimum Gasteiger partial charge on any atom is -0.371 e. The van der Waals surface area contributed by atoms with Crippen molar-refractivity contribution in [3.8, 4) is 0 Å². The number of amidine groups is 2. The molecule has 0 saturated heterocycles. The van der Waals surface area contributed by atoms with Gasteiger partial charge in [-0.1, -0.05) is 6.92 Å². The molecule has 0 bridgehead atoms. The first kappa shape index (κ1) is 17.8. The highest BCUT2D eigenvalue weighted by Crippen LogP contribution is 2.35. The molecule has 1 aromatic rings. The monoisotopic (exact) mass is 378 g/mol. The Balaban J connectivity index is 1.73. The van der Waals surface area contributed by atoms with E-state index in [1.807, 2.05) is 0 Å². The van der Waals surface area contributed by atoms with Gasteiger partial charge in [-0.2, -0.15) is 0 Å². The highest BCUT2D eigenvalue weighted by Gasteiger charge is 2.41. The van der Waals surface area contributed by atoms with Gasteiger partial charge in [0.05, 0.1) is 29.3 Å². The number of hydrogen-bond acceptors (Lipinski definition) is 6. The highest BCUT2D eigenvalue weighted by atomic mass is 15.1. The molecule has 1 aromatic carbocycles. The van der Waals surface area contributed by atoms with Gasteiger partial charge in [0.1, 0.15) is 17.2 Å². The third-order valence-electron chi connectivity index (χ3n) is 6.49. The summed E-state index contributed by atoms with van der Waals surface area (Å²) in [5.41, 5.74) is 2.25. The standard InChI is InChI=1S/C22H30N6/c1-13-11-21(2,3)27-17-10-15-16(19-23-5-6-24-19)12-22(4,20-25-7-8-26-20)28-18(15)9-14(13)17/h9-10,13,16H,5-8,11-12H2,1-4H3,(H,23,24)(H,25,26). The van der Waals surface area contributed by atoms with Crippen molar-refractivity contribution in [1.82, 2.24) is 10.6 Å². The van der Waals surface area contributed by atoms with Gasteiger partial charge in [-0.3, -0.25) is 20.0 Å². The summed E-state index contributed by atoms with van der Waals surface area (Å²) in [6.45, 7) is 12.5. The zero-order chi connectivity index (χ0) is 19.5. The minimum atomic E-state index is -0.330. The van der Waals surface area contributed by atoms with E-state index < -0.39 is 0 Å². The molecule has 4 aliphatic rings. The fourth-order valence-corrected chi connectivity index (χ4v) is 5.33. The van der Waals surface area contributed by atoms with Crippen LogP contribution in [0.3, 0.4) is 0 Å². The number of nitrogens with one attached hydrogen (secondary N) is 2. The molecule has 28 heavy (non-hydrogen) atoms. The van der Waals surface area contributed by atoms with Gasteiger partial charge in [0, 0.05) is 19.0 Å². The lowest BCUT2D eigenvalue weighted by Gasteiger charge is -2.36. The summed E-state index contributed by atoms with van der Waals surface area (Å²) < 4.78 is 0. The van der Waals surface area contributed by atoms with Crippen molar-refractivity contribution in [2.24, 2.45) is 20.0 Å². The topological polar surface area (TPSA) is 73.5 Å². The van der Waals surface area contributed by atoms with Crippen molar-refractivity contribution in [2.45, 2.75) is 63.5 Å².